The Morgan fingerprint density at radius 1 is 0.970 bits per heavy atom. The van der Waals surface area contributed by atoms with E-state index in [1.807, 2.05) is 54.0 Å². The van der Waals surface area contributed by atoms with Crippen LogP contribution in [-0.2, 0) is 24.3 Å². The zero-order valence-electron chi connectivity index (χ0n) is 18.3. The van der Waals surface area contributed by atoms with Crippen molar-refractivity contribution in [2.75, 3.05) is 6.54 Å². The highest BCUT2D eigenvalue weighted by Gasteiger charge is 2.14. The van der Waals surface area contributed by atoms with E-state index in [0.29, 0.717) is 25.1 Å². The molecule has 0 fully saturated rings. The Hall–Kier alpha value is -4.00. The molecule has 0 aliphatic heterocycles. The van der Waals surface area contributed by atoms with Crippen LogP contribution in [-0.4, -0.2) is 27.9 Å². The molecule has 2 N–H and O–H groups in total. The Labute approximate surface area is 191 Å². The van der Waals surface area contributed by atoms with Crippen molar-refractivity contribution in [1.82, 2.24) is 20.2 Å². The van der Waals surface area contributed by atoms with Crippen molar-refractivity contribution in [2.24, 2.45) is 0 Å². The van der Waals surface area contributed by atoms with Crippen LogP contribution in [0.15, 0.2) is 72.8 Å². The molecule has 0 radical (unpaired) electrons. The first-order valence-electron chi connectivity index (χ1n) is 10.8. The lowest BCUT2D eigenvalue weighted by Gasteiger charge is -2.11. The van der Waals surface area contributed by atoms with Gasteiger partial charge in [-0.05, 0) is 48.9 Å². The first-order valence-corrected chi connectivity index (χ1v) is 10.8. The van der Waals surface area contributed by atoms with E-state index in [0.717, 1.165) is 28.0 Å². The Balaban J connectivity index is 1.42. The summed E-state index contributed by atoms with van der Waals surface area (Å²) in [6.07, 6.45) is 0.484. The van der Waals surface area contributed by atoms with Gasteiger partial charge in [0.2, 0.25) is 5.91 Å². The van der Waals surface area contributed by atoms with Crippen molar-refractivity contribution in [3.8, 4) is 0 Å². The minimum atomic E-state index is -0.311. The Morgan fingerprint density at radius 2 is 1.76 bits per heavy atom. The summed E-state index contributed by atoms with van der Waals surface area (Å²) in [5.41, 5.74) is 4.11. The maximum atomic E-state index is 13.1. The second kappa shape index (κ2) is 10.1. The number of imidazole rings is 1. The molecule has 0 atom stereocenters. The number of halogens is 1. The molecule has 4 rings (SSSR count). The maximum Gasteiger partial charge on any atom is 0.251 e. The molecular formula is C26H25FN4O2. The standard InChI is InChI=1S/C26H25FN4O2/c1-18-5-4-6-20(15-18)26(33)28-14-13-24-30-22-7-2-3-8-23(22)31(24)17-25(32)29-16-19-9-11-21(27)12-10-19/h2-12,15H,13-14,16-17H2,1H3,(H,28,33)(H,29,32). The number of aryl methyl sites for hydroxylation is 1. The lowest BCUT2D eigenvalue weighted by Crippen LogP contribution is -2.29. The fourth-order valence-electron chi connectivity index (χ4n) is 3.67. The number of benzene rings is 3. The number of carbonyl (C=O) groups excluding carboxylic acids is 2. The van der Waals surface area contributed by atoms with Crippen molar-refractivity contribution >= 4 is 22.8 Å². The van der Waals surface area contributed by atoms with Crippen LogP contribution >= 0.6 is 0 Å². The molecule has 0 saturated carbocycles. The fourth-order valence-corrected chi connectivity index (χ4v) is 3.67. The first kappa shape index (κ1) is 22.2. The summed E-state index contributed by atoms with van der Waals surface area (Å²) in [6.45, 7) is 2.75. The van der Waals surface area contributed by atoms with Gasteiger partial charge in [-0.3, -0.25) is 9.59 Å². The molecule has 168 valence electrons. The summed E-state index contributed by atoms with van der Waals surface area (Å²) in [7, 11) is 0. The monoisotopic (exact) mass is 444 g/mol. The molecule has 4 aromatic rings. The molecule has 6 nitrogen and oxygen atoms in total. The van der Waals surface area contributed by atoms with E-state index in [1.54, 1.807) is 18.2 Å². The molecule has 0 saturated heterocycles. The number of amides is 2. The molecule has 0 aliphatic rings. The second-order valence-electron chi connectivity index (χ2n) is 7.88. The number of aromatic nitrogens is 2. The lowest BCUT2D eigenvalue weighted by molar-refractivity contribution is -0.121. The quantitative estimate of drug-likeness (QED) is 0.434. The van der Waals surface area contributed by atoms with Crippen LogP contribution in [0.25, 0.3) is 11.0 Å². The molecule has 33 heavy (non-hydrogen) atoms. The Kier molecular flexibility index (Phi) is 6.78. The average Bonchev–Trinajstić information content (AvgIpc) is 3.16. The van der Waals surface area contributed by atoms with Gasteiger partial charge in [-0.25, -0.2) is 9.37 Å². The van der Waals surface area contributed by atoms with Crippen LogP contribution in [0.2, 0.25) is 0 Å². The third-order valence-electron chi connectivity index (χ3n) is 5.35. The molecule has 0 unspecified atom stereocenters. The average molecular weight is 445 g/mol. The number of hydrogen-bond acceptors (Lipinski definition) is 3. The molecular weight excluding hydrogens is 419 g/mol. The zero-order valence-corrected chi connectivity index (χ0v) is 18.3. The predicted octanol–water partition coefficient (Wildman–Crippen LogP) is 3.77. The summed E-state index contributed by atoms with van der Waals surface area (Å²) < 4.78 is 14.9. The fraction of sp³-hybridized carbons (Fsp3) is 0.192. The number of rotatable bonds is 8. The molecule has 0 spiro atoms. The zero-order chi connectivity index (χ0) is 23.2. The summed E-state index contributed by atoms with van der Waals surface area (Å²) in [5, 5.41) is 5.80. The van der Waals surface area contributed by atoms with E-state index in [4.69, 9.17) is 0 Å². The summed E-state index contributed by atoms with van der Waals surface area (Å²) >= 11 is 0. The van der Waals surface area contributed by atoms with Crippen molar-refractivity contribution in [2.45, 2.75) is 26.4 Å². The largest absolute Gasteiger partial charge is 0.352 e. The van der Waals surface area contributed by atoms with E-state index in [1.165, 1.54) is 12.1 Å². The van der Waals surface area contributed by atoms with Crippen LogP contribution in [0.5, 0.6) is 0 Å². The van der Waals surface area contributed by atoms with Crippen molar-refractivity contribution in [1.29, 1.82) is 0 Å². The van der Waals surface area contributed by atoms with Gasteiger partial charge < -0.3 is 15.2 Å². The number of hydrogen-bond donors (Lipinski definition) is 2. The number of nitrogens with one attached hydrogen (secondary N) is 2. The molecule has 1 heterocycles. The highest BCUT2D eigenvalue weighted by Crippen LogP contribution is 2.16. The molecule has 0 bridgehead atoms. The van der Waals surface area contributed by atoms with Gasteiger partial charge in [-0.15, -0.1) is 0 Å². The van der Waals surface area contributed by atoms with E-state index >= 15 is 0 Å². The lowest BCUT2D eigenvalue weighted by atomic mass is 10.1. The predicted molar refractivity (Wildman–Crippen MR) is 125 cm³/mol. The van der Waals surface area contributed by atoms with Gasteiger partial charge in [0.15, 0.2) is 0 Å². The third-order valence-corrected chi connectivity index (χ3v) is 5.35. The van der Waals surface area contributed by atoms with Gasteiger partial charge in [0.25, 0.3) is 5.91 Å². The Bertz CT molecular complexity index is 1280. The summed E-state index contributed by atoms with van der Waals surface area (Å²) in [5.74, 6) is 0.0951. The molecule has 1 aromatic heterocycles. The third kappa shape index (κ3) is 5.63. The van der Waals surface area contributed by atoms with Gasteiger partial charge in [0.1, 0.15) is 18.2 Å². The van der Waals surface area contributed by atoms with Crippen LogP contribution in [0.4, 0.5) is 4.39 Å². The van der Waals surface area contributed by atoms with Gasteiger partial charge in [-0.2, -0.15) is 0 Å². The topological polar surface area (TPSA) is 76.0 Å². The highest BCUT2D eigenvalue weighted by molar-refractivity contribution is 5.94. The maximum absolute atomic E-state index is 13.1. The summed E-state index contributed by atoms with van der Waals surface area (Å²) in [6, 6.07) is 21.1. The smallest absolute Gasteiger partial charge is 0.251 e. The first-order chi connectivity index (χ1) is 16.0. The number of carbonyl (C=O) groups is 2. The van der Waals surface area contributed by atoms with Gasteiger partial charge in [-0.1, -0.05) is 42.0 Å². The number of para-hydroxylation sites is 2. The van der Waals surface area contributed by atoms with Crippen LogP contribution in [0.3, 0.4) is 0 Å². The minimum Gasteiger partial charge on any atom is -0.352 e. The van der Waals surface area contributed by atoms with Gasteiger partial charge >= 0.3 is 0 Å². The van der Waals surface area contributed by atoms with Crippen LogP contribution in [0, 0.1) is 12.7 Å². The Morgan fingerprint density at radius 3 is 2.55 bits per heavy atom. The highest BCUT2D eigenvalue weighted by atomic mass is 19.1. The minimum absolute atomic E-state index is 0.100. The number of fused-ring (bicyclic) bond motifs is 1. The number of nitrogens with zero attached hydrogens (tertiary/aromatic N) is 2. The molecule has 2 amide bonds. The van der Waals surface area contributed by atoms with E-state index in [2.05, 4.69) is 15.6 Å². The molecule has 7 heteroatoms. The van der Waals surface area contributed by atoms with E-state index < -0.39 is 0 Å². The van der Waals surface area contributed by atoms with Crippen LogP contribution < -0.4 is 10.6 Å². The molecule has 0 aliphatic carbocycles. The van der Waals surface area contributed by atoms with E-state index in [-0.39, 0.29) is 24.2 Å². The SMILES string of the molecule is Cc1cccc(C(=O)NCCc2nc3ccccc3n2CC(=O)NCc2ccc(F)cc2)c1. The molecule has 3 aromatic carbocycles. The summed E-state index contributed by atoms with van der Waals surface area (Å²) in [4.78, 5) is 29.7. The normalized spacial score (nSPS) is 10.8. The van der Waals surface area contributed by atoms with Gasteiger partial charge in [0, 0.05) is 25.1 Å². The van der Waals surface area contributed by atoms with Crippen LogP contribution in [0.1, 0.15) is 27.3 Å². The van der Waals surface area contributed by atoms with Crippen molar-refractivity contribution in [3.63, 3.8) is 0 Å². The van der Waals surface area contributed by atoms with Crippen molar-refractivity contribution in [3.05, 3.63) is 101 Å². The second-order valence-corrected chi connectivity index (χ2v) is 7.88. The van der Waals surface area contributed by atoms with Crippen molar-refractivity contribution < 1.29 is 14.0 Å². The van der Waals surface area contributed by atoms with E-state index in [9.17, 15) is 14.0 Å². The van der Waals surface area contributed by atoms with Gasteiger partial charge in [0.05, 0.1) is 11.0 Å².